The Kier molecular flexibility index (Phi) is 5.29. The largest absolute Gasteiger partial charge is 0.332 e. The monoisotopic (exact) mass is 347 g/mol. The fraction of sp³-hybridized carbons (Fsp3) is 0.579. The van der Waals surface area contributed by atoms with Crippen LogP contribution >= 0.6 is 0 Å². The number of benzene rings is 1. The first-order valence-corrected chi connectivity index (χ1v) is 11.4. The van der Waals surface area contributed by atoms with Gasteiger partial charge < -0.3 is 4.98 Å². The van der Waals surface area contributed by atoms with Gasteiger partial charge in [-0.1, -0.05) is 49.5 Å². The quantitative estimate of drug-likeness (QED) is 0.589. The van der Waals surface area contributed by atoms with Gasteiger partial charge in [0.1, 0.15) is 8.24 Å². The van der Waals surface area contributed by atoms with E-state index >= 15 is 0 Å². The molecule has 3 rings (SSSR count). The molecule has 1 aromatic carbocycles. The van der Waals surface area contributed by atoms with Crippen LogP contribution in [0.25, 0.3) is 0 Å². The van der Waals surface area contributed by atoms with E-state index in [2.05, 4.69) is 75.3 Å². The van der Waals surface area contributed by atoms with Crippen molar-refractivity contribution in [3.05, 3.63) is 47.5 Å². The molecule has 0 saturated carbocycles. The molecule has 0 aromatic heterocycles. The molecular weight excluding hydrogens is 318 g/mol. The standard InChI is InChI=1S/C19H29NSi.Ti/c1-19(2,3)20-21(4,5)18-16-12-8-6-10-14(16)15-11-7-9-13-17(15)18;/h6-8,10-12,15,17-18,20H,9,13H2,1-5H3;. The van der Waals surface area contributed by atoms with E-state index in [-0.39, 0.29) is 27.3 Å². The van der Waals surface area contributed by atoms with Gasteiger partial charge in [0.2, 0.25) is 0 Å². The summed E-state index contributed by atoms with van der Waals surface area (Å²) in [6.07, 6.45) is 7.48. The average Bonchev–Trinajstić information content (AvgIpc) is 2.71. The molecule has 0 radical (unpaired) electrons. The molecule has 1 N–H and O–H groups in total. The molecule has 0 saturated heterocycles. The Hall–Kier alpha value is -0.149. The summed E-state index contributed by atoms with van der Waals surface area (Å²) in [5, 5.41) is 0. The van der Waals surface area contributed by atoms with Crippen molar-refractivity contribution in [2.75, 3.05) is 0 Å². The summed E-state index contributed by atoms with van der Waals surface area (Å²) >= 11 is 0. The molecule has 0 aliphatic heterocycles. The van der Waals surface area contributed by atoms with Gasteiger partial charge in [-0.15, -0.1) is 0 Å². The van der Waals surface area contributed by atoms with E-state index in [0.29, 0.717) is 5.92 Å². The van der Waals surface area contributed by atoms with Crippen molar-refractivity contribution in [3.8, 4) is 0 Å². The third-order valence-corrected chi connectivity index (χ3v) is 8.75. The molecule has 1 nitrogen and oxygen atoms in total. The van der Waals surface area contributed by atoms with Crippen LogP contribution in [0, 0.1) is 5.92 Å². The molecule has 0 bridgehead atoms. The molecule has 2 aliphatic rings. The summed E-state index contributed by atoms with van der Waals surface area (Å²) in [5.74, 6) is 1.47. The molecular formula is C19H29NSiTi. The number of fused-ring (bicyclic) bond motifs is 3. The molecule has 0 spiro atoms. The van der Waals surface area contributed by atoms with E-state index < -0.39 is 8.24 Å². The predicted molar refractivity (Wildman–Crippen MR) is 94.2 cm³/mol. The molecule has 1 aromatic rings. The Morgan fingerprint density at radius 2 is 1.73 bits per heavy atom. The van der Waals surface area contributed by atoms with Gasteiger partial charge in [-0.2, -0.15) is 0 Å². The summed E-state index contributed by atoms with van der Waals surface area (Å²) in [4.78, 5) is 4.03. The zero-order valence-electron chi connectivity index (χ0n) is 14.6. The van der Waals surface area contributed by atoms with Crippen molar-refractivity contribution < 1.29 is 21.7 Å². The van der Waals surface area contributed by atoms with Crippen LogP contribution in [0.15, 0.2) is 36.4 Å². The maximum Gasteiger partial charge on any atom is 0.127 e. The number of nitrogens with one attached hydrogen (secondary N) is 1. The fourth-order valence-corrected chi connectivity index (χ4v) is 9.43. The first kappa shape index (κ1) is 18.2. The second-order valence-corrected chi connectivity index (χ2v) is 12.7. The van der Waals surface area contributed by atoms with Crippen molar-refractivity contribution in [2.45, 2.75) is 63.7 Å². The number of hydrogen-bond acceptors (Lipinski definition) is 1. The summed E-state index contributed by atoms with van der Waals surface area (Å²) in [7, 11) is -1.55. The molecule has 0 amide bonds. The number of hydrogen-bond donors (Lipinski definition) is 1. The molecule has 2 aliphatic carbocycles. The van der Waals surface area contributed by atoms with E-state index in [9.17, 15) is 0 Å². The van der Waals surface area contributed by atoms with Gasteiger partial charge in [-0.05, 0) is 56.2 Å². The topological polar surface area (TPSA) is 12.0 Å². The van der Waals surface area contributed by atoms with E-state index in [0.717, 1.165) is 11.5 Å². The van der Waals surface area contributed by atoms with E-state index in [1.54, 1.807) is 11.1 Å². The third-order valence-electron chi connectivity index (χ3n) is 5.06. The van der Waals surface area contributed by atoms with Crippen LogP contribution in [-0.4, -0.2) is 13.8 Å². The van der Waals surface area contributed by atoms with Gasteiger partial charge in [-0.3, -0.25) is 0 Å². The summed E-state index contributed by atoms with van der Waals surface area (Å²) in [6, 6.07) is 9.20. The van der Waals surface area contributed by atoms with Gasteiger partial charge in [0.05, 0.1) is 0 Å². The Morgan fingerprint density at radius 1 is 1.09 bits per heavy atom. The molecule has 0 fully saturated rings. The van der Waals surface area contributed by atoms with Crippen molar-refractivity contribution >= 4 is 8.24 Å². The first-order chi connectivity index (χ1) is 9.80. The molecule has 3 unspecified atom stereocenters. The van der Waals surface area contributed by atoms with Crippen LogP contribution in [0.1, 0.15) is 56.2 Å². The molecule has 0 heterocycles. The molecule has 3 heteroatoms. The Bertz CT molecular complexity index is 559. The Balaban J connectivity index is 0.00000176. The normalized spacial score (nSPS) is 27.0. The Labute approximate surface area is 151 Å². The summed E-state index contributed by atoms with van der Waals surface area (Å²) in [6.45, 7) is 12.0. The predicted octanol–water partition coefficient (Wildman–Crippen LogP) is 4.96. The minimum Gasteiger partial charge on any atom is -0.332 e. The molecule has 3 atom stereocenters. The number of rotatable bonds is 2. The van der Waals surface area contributed by atoms with Crippen molar-refractivity contribution in [1.82, 2.24) is 4.98 Å². The van der Waals surface area contributed by atoms with Gasteiger partial charge >= 0.3 is 0 Å². The van der Waals surface area contributed by atoms with Crippen LogP contribution in [0.3, 0.4) is 0 Å². The maximum absolute atomic E-state index is 4.03. The van der Waals surface area contributed by atoms with Gasteiger partial charge in [0.15, 0.2) is 0 Å². The minimum atomic E-state index is -1.55. The van der Waals surface area contributed by atoms with Crippen LogP contribution in [0.5, 0.6) is 0 Å². The van der Waals surface area contributed by atoms with Crippen molar-refractivity contribution in [2.24, 2.45) is 5.92 Å². The van der Waals surface area contributed by atoms with Crippen LogP contribution in [0.4, 0.5) is 0 Å². The van der Waals surface area contributed by atoms with Crippen LogP contribution in [-0.2, 0) is 21.7 Å². The van der Waals surface area contributed by atoms with Gasteiger partial charge in [0, 0.05) is 33.2 Å². The Morgan fingerprint density at radius 3 is 2.36 bits per heavy atom. The minimum absolute atomic E-state index is 0. The zero-order valence-corrected chi connectivity index (χ0v) is 17.2. The van der Waals surface area contributed by atoms with Gasteiger partial charge in [-0.25, -0.2) is 0 Å². The molecule has 22 heavy (non-hydrogen) atoms. The number of allylic oxidation sites excluding steroid dienone is 2. The second-order valence-electron chi connectivity index (χ2n) is 8.40. The summed E-state index contributed by atoms with van der Waals surface area (Å²) in [5.41, 5.74) is 4.17. The van der Waals surface area contributed by atoms with Crippen molar-refractivity contribution in [3.63, 3.8) is 0 Å². The smallest absolute Gasteiger partial charge is 0.127 e. The van der Waals surface area contributed by atoms with E-state index in [4.69, 9.17) is 0 Å². The molecule has 118 valence electrons. The third kappa shape index (κ3) is 3.36. The van der Waals surface area contributed by atoms with Crippen LogP contribution in [0.2, 0.25) is 13.1 Å². The zero-order chi connectivity index (χ0) is 15.3. The van der Waals surface area contributed by atoms with Crippen molar-refractivity contribution in [1.29, 1.82) is 0 Å². The average molecular weight is 347 g/mol. The summed E-state index contributed by atoms with van der Waals surface area (Å²) < 4.78 is 0. The van der Waals surface area contributed by atoms with E-state index in [1.165, 1.54) is 12.8 Å². The maximum atomic E-state index is 4.03. The first-order valence-electron chi connectivity index (χ1n) is 8.34. The van der Waals surface area contributed by atoms with Crippen LogP contribution < -0.4 is 4.98 Å². The second kappa shape index (κ2) is 6.39. The fourth-order valence-electron chi connectivity index (χ4n) is 4.86. The SMILES string of the molecule is CC(C)(C)N[Si](C)(C)C1c2ccccc2C2C=CCCC21.[Ti]. The van der Waals surface area contributed by atoms with E-state index in [1.807, 2.05) is 0 Å². The van der Waals surface area contributed by atoms with Gasteiger partial charge in [0.25, 0.3) is 0 Å².